The first-order valence-corrected chi connectivity index (χ1v) is 5.65. The molecule has 0 N–H and O–H groups in total. The van der Waals surface area contributed by atoms with E-state index in [9.17, 15) is 14.4 Å². The van der Waals surface area contributed by atoms with E-state index in [2.05, 4.69) is 4.74 Å². The lowest BCUT2D eigenvalue weighted by Gasteiger charge is -2.05. The predicted molar refractivity (Wildman–Crippen MR) is 61.3 cm³/mol. The van der Waals surface area contributed by atoms with E-state index in [0.29, 0.717) is 6.42 Å². The Bertz CT molecular complexity index is 297. The molecule has 0 saturated carbocycles. The lowest BCUT2D eigenvalue weighted by molar-refractivity contribution is -0.142. The minimum atomic E-state index is -0.779. The largest absolute Gasteiger partial charge is 0.463 e. The predicted octanol–water partition coefficient (Wildman–Crippen LogP) is 1.41. The topological polar surface area (TPSA) is 69.7 Å². The smallest absolute Gasteiger partial charge is 0.342 e. The summed E-state index contributed by atoms with van der Waals surface area (Å²) >= 11 is 0. The van der Waals surface area contributed by atoms with E-state index >= 15 is 0 Å². The quantitative estimate of drug-likeness (QED) is 0.292. The minimum absolute atomic E-state index is 0.151. The molecule has 0 atom stereocenters. The van der Waals surface area contributed by atoms with Crippen LogP contribution in [0.5, 0.6) is 0 Å². The molecule has 0 aromatic carbocycles. The summed E-state index contributed by atoms with van der Waals surface area (Å²) in [6.07, 6.45) is 1.70. The van der Waals surface area contributed by atoms with Crippen molar-refractivity contribution in [2.45, 2.75) is 33.6 Å². The van der Waals surface area contributed by atoms with E-state index in [1.54, 1.807) is 13.8 Å². The van der Waals surface area contributed by atoms with Crippen molar-refractivity contribution in [1.82, 2.24) is 0 Å². The number of Topliss-reactive ketones (excluding diaryl/α,β-unsaturated/α-hetero) is 1. The van der Waals surface area contributed by atoms with E-state index in [1.165, 1.54) is 0 Å². The number of ketones is 1. The highest BCUT2D eigenvalue weighted by Crippen LogP contribution is 2.06. The SMILES string of the molecule is CCCC(=O)/C(=C/C(=O)OCC)C(=O)OCC. The van der Waals surface area contributed by atoms with Crippen LogP contribution in [0.25, 0.3) is 0 Å². The number of esters is 2. The monoisotopic (exact) mass is 242 g/mol. The van der Waals surface area contributed by atoms with Crippen LogP contribution in [0, 0.1) is 0 Å². The van der Waals surface area contributed by atoms with Crippen molar-refractivity contribution in [1.29, 1.82) is 0 Å². The average molecular weight is 242 g/mol. The Balaban J connectivity index is 4.89. The van der Waals surface area contributed by atoms with Crippen LogP contribution in [-0.4, -0.2) is 30.9 Å². The molecule has 0 saturated heterocycles. The second-order valence-electron chi connectivity index (χ2n) is 3.20. The molecule has 0 amide bonds. The molecule has 0 aliphatic rings. The Labute approximate surface area is 101 Å². The molecule has 17 heavy (non-hydrogen) atoms. The van der Waals surface area contributed by atoms with E-state index in [1.807, 2.05) is 6.92 Å². The van der Waals surface area contributed by atoms with Crippen molar-refractivity contribution in [3.8, 4) is 0 Å². The highest BCUT2D eigenvalue weighted by Gasteiger charge is 2.20. The fourth-order valence-corrected chi connectivity index (χ4v) is 1.13. The van der Waals surface area contributed by atoms with Crippen molar-refractivity contribution in [3.63, 3.8) is 0 Å². The lowest BCUT2D eigenvalue weighted by atomic mass is 10.1. The van der Waals surface area contributed by atoms with Gasteiger partial charge in [-0.2, -0.15) is 0 Å². The second-order valence-corrected chi connectivity index (χ2v) is 3.20. The van der Waals surface area contributed by atoms with Gasteiger partial charge in [-0.05, 0) is 20.3 Å². The highest BCUT2D eigenvalue weighted by atomic mass is 16.5. The maximum atomic E-state index is 11.6. The molecular weight excluding hydrogens is 224 g/mol. The molecule has 0 bridgehead atoms. The molecule has 0 unspecified atom stereocenters. The van der Waals surface area contributed by atoms with E-state index in [4.69, 9.17) is 4.74 Å². The molecule has 5 nitrogen and oxygen atoms in total. The van der Waals surface area contributed by atoms with Crippen LogP contribution in [-0.2, 0) is 23.9 Å². The Hall–Kier alpha value is -1.65. The third-order valence-corrected chi connectivity index (χ3v) is 1.82. The van der Waals surface area contributed by atoms with Crippen molar-refractivity contribution in [2.24, 2.45) is 0 Å². The standard InChI is InChI=1S/C12H18O5/c1-4-7-10(13)9(12(15)17-6-3)8-11(14)16-5-2/h8H,4-7H2,1-3H3/b9-8-. The molecule has 0 aliphatic carbocycles. The van der Waals surface area contributed by atoms with Gasteiger partial charge in [-0.25, -0.2) is 9.59 Å². The van der Waals surface area contributed by atoms with Gasteiger partial charge in [-0.1, -0.05) is 6.92 Å². The van der Waals surface area contributed by atoms with E-state index in [-0.39, 0.29) is 25.2 Å². The minimum Gasteiger partial charge on any atom is -0.463 e. The fraction of sp³-hybridized carbons (Fsp3) is 0.583. The van der Waals surface area contributed by atoms with Crippen LogP contribution in [0.1, 0.15) is 33.6 Å². The number of carbonyl (C=O) groups excluding carboxylic acids is 3. The summed E-state index contributed by atoms with van der Waals surface area (Å²) in [6.45, 7) is 5.42. The molecule has 0 aliphatic heterocycles. The molecule has 0 aromatic rings. The summed E-state index contributed by atoms with van der Waals surface area (Å²) in [4.78, 5) is 34.3. The third-order valence-electron chi connectivity index (χ3n) is 1.82. The van der Waals surface area contributed by atoms with Crippen molar-refractivity contribution < 1.29 is 23.9 Å². The summed E-state index contributed by atoms with van der Waals surface area (Å²) < 4.78 is 9.37. The molecule has 5 heteroatoms. The summed E-state index contributed by atoms with van der Waals surface area (Å²) in [5.41, 5.74) is -0.243. The van der Waals surface area contributed by atoms with Gasteiger partial charge < -0.3 is 9.47 Å². The molecule has 0 radical (unpaired) electrons. The Morgan fingerprint density at radius 3 is 2.06 bits per heavy atom. The molecule has 0 fully saturated rings. The molecule has 0 heterocycles. The van der Waals surface area contributed by atoms with Gasteiger partial charge in [0.05, 0.1) is 13.2 Å². The molecular formula is C12H18O5. The molecule has 0 aromatic heterocycles. The van der Waals surface area contributed by atoms with Gasteiger partial charge in [0.1, 0.15) is 5.57 Å². The third kappa shape index (κ3) is 5.85. The van der Waals surface area contributed by atoms with Crippen molar-refractivity contribution in [3.05, 3.63) is 11.6 Å². The van der Waals surface area contributed by atoms with Gasteiger partial charge in [0.25, 0.3) is 0 Å². The van der Waals surface area contributed by atoms with Gasteiger partial charge in [-0.3, -0.25) is 4.79 Å². The number of hydrogen-bond donors (Lipinski definition) is 0. The Morgan fingerprint density at radius 1 is 1.00 bits per heavy atom. The maximum Gasteiger partial charge on any atom is 0.342 e. The van der Waals surface area contributed by atoms with E-state index < -0.39 is 17.7 Å². The fourth-order valence-electron chi connectivity index (χ4n) is 1.13. The molecule has 96 valence electrons. The molecule has 0 rings (SSSR count). The summed E-state index contributed by atoms with van der Waals surface area (Å²) in [5, 5.41) is 0. The van der Waals surface area contributed by atoms with Crippen molar-refractivity contribution >= 4 is 17.7 Å². The van der Waals surface area contributed by atoms with Gasteiger partial charge >= 0.3 is 11.9 Å². The number of ether oxygens (including phenoxy) is 2. The summed E-state index contributed by atoms with van der Waals surface area (Å²) in [7, 11) is 0. The zero-order chi connectivity index (χ0) is 13.3. The maximum absolute atomic E-state index is 11.6. The van der Waals surface area contributed by atoms with Gasteiger partial charge in [-0.15, -0.1) is 0 Å². The first kappa shape index (κ1) is 15.3. The van der Waals surface area contributed by atoms with E-state index in [0.717, 1.165) is 6.08 Å². The van der Waals surface area contributed by atoms with Gasteiger partial charge in [0, 0.05) is 12.5 Å². The highest BCUT2D eigenvalue weighted by molar-refractivity contribution is 6.19. The lowest BCUT2D eigenvalue weighted by Crippen LogP contribution is -2.18. The first-order chi connectivity index (χ1) is 8.06. The summed E-state index contributed by atoms with van der Waals surface area (Å²) in [6, 6.07) is 0. The second kappa shape index (κ2) is 8.50. The zero-order valence-corrected chi connectivity index (χ0v) is 10.4. The number of rotatable bonds is 7. The van der Waals surface area contributed by atoms with Crippen LogP contribution >= 0.6 is 0 Å². The normalized spacial score (nSPS) is 10.9. The summed E-state index contributed by atoms with van der Waals surface area (Å²) in [5.74, 6) is -1.89. The van der Waals surface area contributed by atoms with Crippen LogP contribution in [0.4, 0.5) is 0 Å². The van der Waals surface area contributed by atoms with Crippen LogP contribution < -0.4 is 0 Å². The Kier molecular flexibility index (Phi) is 7.67. The van der Waals surface area contributed by atoms with Gasteiger partial charge in [0.15, 0.2) is 5.78 Å². The van der Waals surface area contributed by atoms with Crippen molar-refractivity contribution in [2.75, 3.05) is 13.2 Å². The zero-order valence-electron chi connectivity index (χ0n) is 10.4. The number of carbonyl (C=O) groups is 3. The molecule has 0 spiro atoms. The van der Waals surface area contributed by atoms with Crippen LogP contribution in [0.15, 0.2) is 11.6 Å². The first-order valence-electron chi connectivity index (χ1n) is 5.65. The number of hydrogen-bond acceptors (Lipinski definition) is 5. The average Bonchev–Trinajstić information content (AvgIpc) is 2.26. The van der Waals surface area contributed by atoms with Crippen LogP contribution in [0.3, 0.4) is 0 Å². The Morgan fingerprint density at radius 2 is 1.59 bits per heavy atom. The van der Waals surface area contributed by atoms with Gasteiger partial charge in [0.2, 0.25) is 0 Å². The van der Waals surface area contributed by atoms with Crippen LogP contribution in [0.2, 0.25) is 0 Å².